The standard InChI is InChI=1S/C6H4BrNO4/c7-3-1-2-4(9)5(6(3)10)8(11)12/h1-2,9-10H. The Morgan fingerprint density at radius 1 is 1.42 bits per heavy atom. The first-order chi connectivity index (χ1) is 5.54. The van der Waals surface area contributed by atoms with Gasteiger partial charge in [-0.05, 0) is 28.1 Å². The molecule has 5 nitrogen and oxygen atoms in total. The third kappa shape index (κ3) is 1.33. The van der Waals surface area contributed by atoms with Gasteiger partial charge in [0.05, 0.1) is 9.40 Å². The van der Waals surface area contributed by atoms with Gasteiger partial charge >= 0.3 is 5.69 Å². The Morgan fingerprint density at radius 2 is 2.00 bits per heavy atom. The van der Waals surface area contributed by atoms with Crippen LogP contribution in [0.15, 0.2) is 16.6 Å². The molecule has 0 heterocycles. The lowest BCUT2D eigenvalue weighted by atomic mass is 10.3. The molecule has 0 spiro atoms. The maximum absolute atomic E-state index is 10.3. The van der Waals surface area contributed by atoms with Crippen molar-refractivity contribution in [2.45, 2.75) is 0 Å². The van der Waals surface area contributed by atoms with Crippen molar-refractivity contribution >= 4 is 21.6 Å². The summed E-state index contributed by atoms with van der Waals surface area (Å²) in [7, 11) is 0. The number of halogens is 1. The maximum Gasteiger partial charge on any atom is 0.353 e. The SMILES string of the molecule is O=[N+]([O-])c1c(O)ccc(Br)c1O. The second kappa shape index (κ2) is 2.98. The van der Waals surface area contributed by atoms with Crippen LogP contribution in [0.1, 0.15) is 0 Å². The zero-order valence-corrected chi connectivity index (χ0v) is 7.28. The molecule has 0 unspecified atom stereocenters. The van der Waals surface area contributed by atoms with Crippen molar-refractivity contribution in [3.05, 3.63) is 26.7 Å². The number of benzene rings is 1. The molecule has 1 rings (SSSR count). The van der Waals surface area contributed by atoms with Crippen molar-refractivity contribution in [1.29, 1.82) is 0 Å². The van der Waals surface area contributed by atoms with Crippen molar-refractivity contribution in [3.8, 4) is 11.5 Å². The smallest absolute Gasteiger partial charge is 0.353 e. The van der Waals surface area contributed by atoms with Crippen molar-refractivity contribution in [1.82, 2.24) is 0 Å². The predicted molar refractivity (Wildman–Crippen MR) is 44.1 cm³/mol. The van der Waals surface area contributed by atoms with Gasteiger partial charge in [0.1, 0.15) is 0 Å². The Labute approximate surface area is 75.5 Å². The fraction of sp³-hybridized carbons (Fsp3) is 0. The van der Waals surface area contributed by atoms with E-state index < -0.39 is 22.1 Å². The molecule has 0 atom stereocenters. The third-order valence-electron chi connectivity index (χ3n) is 1.26. The van der Waals surface area contributed by atoms with Gasteiger partial charge in [0.25, 0.3) is 0 Å². The topological polar surface area (TPSA) is 83.6 Å². The number of rotatable bonds is 1. The van der Waals surface area contributed by atoms with Crippen molar-refractivity contribution in [2.75, 3.05) is 0 Å². The molecular formula is C6H4BrNO4. The molecule has 0 aliphatic rings. The van der Waals surface area contributed by atoms with E-state index in [1.807, 2.05) is 0 Å². The molecular weight excluding hydrogens is 230 g/mol. The van der Waals surface area contributed by atoms with E-state index in [1.54, 1.807) is 0 Å². The summed E-state index contributed by atoms with van der Waals surface area (Å²) in [6.07, 6.45) is 0. The number of phenolic OH excluding ortho intramolecular Hbond substituents is 2. The fourth-order valence-electron chi connectivity index (χ4n) is 0.724. The van der Waals surface area contributed by atoms with Crippen LogP contribution >= 0.6 is 15.9 Å². The summed E-state index contributed by atoms with van der Waals surface area (Å²) in [6.45, 7) is 0. The molecule has 0 bridgehead atoms. The van der Waals surface area contributed by atoms with E-state index in [-0.39, 0.29) is 4.47 Å². The maximum atomic E-state index is 10.3. The minimum absolute atomic E-state index is 0.173. The number of hydrogen-bond acceptors (Lipinski definition) is 4. The lowest BCUT2D eigenvalue weighted by molar-refractivity contribution is -0.386. The van der Waals surface area contributed by atoms with E-state index in [2.05, 4.69) is 15.9 Å². The molecule has 0 saturated carbocycles. The van der Waals surface area contributed by atoms with Crippen LogP contribution in [0.3, 0.4) is 0 Å². The van der Waals surface area contributed by atoms with Gasteiger partial charge < -0.3 is 10.2 Å². The summed E-state index contributed by atoms with van der Waals surface area (Å²) in [5, 5.41) is 28.3. The average Bonchev–Trinajstić information content (AvgIpc) is 1.97. The van der Waals surface area contributed by atoms with Gasteiger partial charge in [0.15, 0.2) is 5.75 Å². The molecule has 0 saturated heterocycles. The quantitative estimate of drug-likeness (QED) is 0.572. The van der Waals surface area contributed by atoms with Crippen LogP contribution in [-0.2, 0) is 0 Å². The molecule has 1 aromatic rings. The van der Waals surface area contributed by atoms with Gasteiger partial charge in [0.2, 0.25) is 5.75 Å². The molecule has 0 radical (unpaired) electrons. The van der Waals surface area contributed by atoms with Gasteiger partial charge in [-0.25, -0.2) is 0 Å². The molecule has 0 aliphatic carbocycles. The number of phenols is 2. The molecule has 0 amide bonds. The van der Waals surface area contributed by atoms with E-state index >= 15 is 0 Å². The normalized spacial score (nSPS) is 9.75. The Balaban J connectivity index is 3.43. The van der Waals surface area contributed by atoms with E-state index in [1.165, 1.54) is 6.07 Å². The van der Waals surface area contributed by atoms with Crippen LogP contribution < -0.4 is 0 Å². The zero-order valence-electron chi connectivity index (χ0n) is 5.69. The summed E-state index contributed by atoms with van der Waals surface area (Å²) in [5.74, 6) is -1.12. The number of aromatic hydroxyl groups is 2. The Kier molecular flexibility index (Phi) is 2.18. The highest BCUT2D eigenvalue weighted by atomic mass is 79.9. The first-order valence-electron chi connectivity index (χ1n) is 2.89. The lowest BCUT2D eigenvalue weighted by Crippen LogP contribution is -1.89. The van der Waals surface area contributed by atoms with Gasteiger partial charge in [-0.15, -0.1) is 0 Å². The van der Waals surface area contributed by atoms with Crippen LogP contribution in [0.5, 0.6) is 11.5 Å². The first-order valence-corrected chi connectivity index (χ1v) is 3.68. The molecule has 64 valence electrons. The summed E-state index contributed by atoms with van der Waals surface area (Å²) < 4.78 is 0.173. The molecule has 1 aromatic carbocycles. The molecule has 6 heteroatoms. The minimum atomic E-state index is -0.852. The fourth-order valence-corrected chi connectivity index (χ4v) is 1.04. The highest BCUT2D eigenvalue weighted by Gasteiger charge is 2.21. The van der Waals surface area contributed by atoms with E-state index in [4.69, 9.17) is 10.2 Å². The Bertz CT molecular complexity index is 339. The predicted octanol–water partition coefficient (Wildman–Crippen LogP) is 1.77. The van der Waals surface area contributed by atoms with E-state index in [0.29, 0.717) is 0 Å². The average molecular weight is 234 g/mol. The molecule has 2 N–H and O–H groups in total. The Morgan fingerprint density at radius 3 is 2.42 bits per heavy atom. The molecule has 0 fully saturated rings. The van der Waals surface area contributed by atoms with E-state index in [9.17, 15) is 10.1 Å². The van der Waals surface area contributed by atoms with Crippen LogP contribution in [0.25, 0.3) is 0 Å². The van der Waals surface area contributed by atoms with E-state index in [0.717, 1.165) is 6.07 Å². The molecule has 0 aliphatic heterocycles. The van der Waals surface area contributed by atoms with Gasteiger partial charge in [-0.2, -0.15) is 0 Å². The highest BCUT2D eigenvalue weighted by Crippen LogP contribution is 2.40. The zero-order chi connectivity index (χ0) is 9.30. The summed E-state index contributed by atoms with van der Waals surface area (Å²) in [5.41, 5.74) is -0.690. The molecule has 12 heavy (non-hydrogen) atoms. The first kappa shape index (κ1) is 8.79. The highest BCUT2D eigenvalue weighted by molar-refractivity contribution is 9.10. The van der Waals surface area contributed by atoms with Crippen molar-refractivity contribution in [3.63, 3.8) is 0 Å². The van der Waals surface area contributed by atoms with Crippen LogP contribution in [-0.4, -0.2) is 15.1 Å². The van der Waals surface area contributed by atoms with Gasteiger partial charge in [-0.3, -0.25) is 10.1 Å². The number of nitro benzene ring substituents is 1. The van der Waals surface area contributed by atoms with Crippen LogP contribution in [0, 0.1) is 10.1 Å². The second-order valence-corrected chi connectivity index (χ2v) is 2.88. The minimum Gasteiger partial charge on any atom is -0.502 e. The monoisotopic (exact) mass is 233 g/mol. The van der Waals surface area contributed by atoms with Gasteiger partial charge in [-0.1, -0.05) is 0 Å². The van der Waals surface area contributed by atoms with Crippen molar-refractivity contribution in [2.24, 2.45) is 0 Å². The third-order valence-corrected chi connectivity index (χ3v) is 1.90. The van der Waals surface area contributed by atoms with Crippen molar-refractivity contribution < 1.29 is 15.1 Å². The number of hydrogen-bond donors (Lipinski definition) is 2. The van der Waals surface area contributed by atoms with Crippen LogP contribution in [0.4, 0.5) is 5.69 Å². The number of nitrogens with zero attached hydrogens (tertiary/aromatic N) is 1. The van der Waals surface area contributed by atoms with Crippen LogP contribution in [0.2, 0.25) is 0 Å². The summed E-state index contributed by atoms with van der Waals surface area (Å²) in [4.78, 5) is 9.41. The van der Waals surface area contributed by atoms with Gasteiger partial charge in [0, 0.05) is 0 Å². The lowest BCUT2D eigenvalue weighted by Gasteiger charge is -1.99. The largest absolute Gasteiger partial charge is 0.502 e. The summed E-state index contributed by atoms with van der Waals surface area (Å²) in [6, 6.07) is 2.44. The Hall–Kier alpha value is -1.30. The summed E-state index contributed by atoms with van der Waals surface area (Å²) >= 11 is 2.88. The molecule has 0 aromatic heterocycles. The number of nitro groups is 1. The second-order valence-electron chi connectivity index (χ2n) is 2.02.